The SMILES string of the molecule is COC(=O)c1nc(NCc2ncn(C)n2)sc1C. The molecule has 0 radical (unpaired) electrons. The summed E-state index contributed by atoms with van der Waals surface area (Å²) in [6.07, 6.45) is 1.63. The standard InChI is InChI=1S/C10H13N5O2S/c1-6-8(9(16)17-3)13-10(18-6)11-4-7-12-5-15(2)14-7/h5H,4H2,1-3H3,(H,11,13). The first-order chi connectivity index (χ1) is 8.60. The molecule has 0 atom stereocenters. The third-order valence-corrected chi connectivity index (χ3v) is 3.15. The second kappa shape index (κ2) is 5.13. The number of methoxy groups -OCH3 is 1. The Morgan fingerprint density at radius 1 is 1.61 bits per heavy atom. The summed E-state index contributed by atoms with van der Waals surface area (Å²) in [7, 11) is 3.14. The van der Waals surface area contributed by atoms with E-state index in [1.807, 2.05) is 6.92 Å². The third kappa shape index (κ3) is 2.65. The van der Waals surface area contributed by atoms with E-state index in [4.69, 9.17) is 0 Å². The number of rotatable bonds is 4. The molecule has 0 saturated heterocycles. The van der Waals surface area contributed by atoms with Gasteiger partial charge >= 0.3 is 5.97 Å². The summed E-state index contributed by atoms with van der Waals surface area (Å²) in [5, 5.41) is 7.86. The Bertz CT molecular complexity index is 562. The predicted octanol–water partition coefficient (Wildman–Crippen LogP) is 0.979. The highest BCUT2D eigenvalue weighted by Gasteiger charge is 2.15. The Morgan fingerprint density at radius 3 is 3.00 bits per heavy atom. The molecule has 0 unspecified atom stereocenters. The predicted molar refractivity (Wildman–Crippen MR) is 66.5 cm³/mol. The van der Waals surface area contributed by atoms with Crippen LogP contribution in [0.4, 0.5) is 5.13 Å². The van der Waals surface area contributed by atoms with Gasteiger partial charge in [0.15, 0.2) is 16.6 Å². The number of esters is 1. The van der Waals surface area contributed by atoms with Crippen molar-refractivity contribution in [2.24, 2.45) is 7.05 Å². The number of nitrogens with zero attached hydrogens (tertiary/aromatic N) is 4. The number of hydrogen-bond donors (Lipinski definition) is 1. The lowest BCUT2D eigenvalue weighted by Crippen LogP contribution is -2.05. The number of aromatic nitrogens is 4. The molecule has 8 heteroatoms. The summed E-state index contributed by atoms with van der Waals surface area (Å²) in [6, 6.07) is 0. The van der Waals surface area contributed by atoms with Crippen LogP contribution < -0.4 is 5.32 Å². The van der Waals surface area contributed by atoms with Gasteiger partial charge in [-0.2, -0.15) is 5.10 Å². The van der Waals surface area contributed by atoms with Crippen LogP contribution in [-0.4, -0.2) is 32.8 Å². The van der Waals surface area contributed by atoms with E-state index in [1.165, 1.54) is 18.4 Å². The summed E-state index contributed by atoms with van der Waals surface area (Å²) in [5.41, 5.74) is 0.346. The highest BCUT2D eigenvalue weighted by Crippen LogP contribution is 2.22. The Labute approximate surface area is 108 Å². The Hall–Kier alpha value is -1.96. The normalized spacial score (nSPS) is 10.4. The average Bonchev–Trinajstić information content (AvgIpc) is 2.92. The van der Waals surface area contributed by atoms with Gasteiger partial charge in [0.2, 0.25) is 0 Å². The number of hydrogen-bond acceptors (Lipinski definition) is 7. The van der Waals surface area contributed by atoms with Crippen LogP contribution in [0.3, 0.4) is 0 Å². The molecule has 0 bridgehead atoms. The van der Waals surface area contributed by atoms with Crippen LogP contribution in [0.25, 0.3) is 0 Å². The molecule has 0 amide bonds. The monoisotopic (exact) mass is 267 g/mol. The Balaban J connectivity index is 2.04. The van der Waals surface area contributed by atoms with Crippen LogP contribution in [0.5, 0.6) is 0 Å². The van der Waals surface area contributed by atoms with E-state index in [2.05, 4.69) is 25.1 Å². The number of carbonyl (C=O) groups is 1. The van der Waals surface area contributed by atoms with Crippen LogP contribution in [0.1, 0.15) is 21.2 Å². The molecule has 2 rings (SSSR count). The minimum absolute atomic E-state index is 0.346. The largest absolute Gasteiger partial charge is 0.464 e. The zero-order chi connectivity index (χ0) is 13.1. The quantitative estimate of drug-likeness (QED) is 0.831. The molecule has 7 nitrogen and oxygen atoms in total. The molecule has 2 heterocycles. The van der Waals surface area contributed by atoms with E-state index in [0.29, 0.717) is 23.2 Å². The van der Waals surface area contributed by atoms with Gasteiger partial charge in [-0.25, -0.2) is 14.8 Å². The number of carbonyl (C=O) groups excluding carboxylic acids is 1. The molecular weight excluding hydrogens is 254 g/mol. The van der Waals surface area contributed by atoms with Crippen LogP contribution in [-0.2, 0) is 18.3 Å². The third-order valence-electron chi connectivity index (χ3n) is 2.22. The molecule has 2 aromatic heterocycles. The first-order valence-electron chi connectivity index (χ1n) is 5.24. The number of aryl methyl sites for hydroxylation is 2. The van der Waals surface area contributed by atoms with Crippen molar-refractivity contribution >= 4 is 22.4 Å². The minimum atomic E-state index is -0.423. The van der Waals surface area contributed by atoms with Crippen LogP contribution in [0, 0.1) is 6.92 Å². The molecule has 0 aliphatic rings. The first kappa shape index (κ1) is 12.5. The minimum Gasteiger partial charge on any atom is -0.464 e. The van der Waals surface area contributed by atoms with E-state index in [9.17, 15) is 4.79 Å². The van der Waals surface area contributed by atoms with Crippen molar-refractivity contribution in [2.45, 2.75) is 13.5 Å². The lowest BCUT2D eigenvalue weighted by atomic mass is 10.4. The summed E-state index contributed by atoms with van der Waals surface area (Å²) in [5.74, 6) is 0.248. The van der Waals surface area contributed by atoms with Crippen molar-refractivity contribution in [3.8, 4) is 0 Å². The molecule has 0 spiro atoms. The molecule has 0 aromatic carbocycles. The smallest absolute Gasteiger partial charge is 0.357 e. The van der Waals surface area contributed by atoms with Crippen molar-refractivity contribution in [1.82, 2.24) is 19.7 Å². The van der Waals surface area contributed by atoms with Crippen LogP contribution >= 0.6 is 11.3 Å². The number of nitrogens with one attached hydrogen (secondary N) is 1. The molecule has 0 aliphatic heterocycles. The molecule has 2 aromatic rings. The van der Waals surface area contributed by atoms with Gasteiger partial charge in [0.1, 0.15) is 6.33 Å². The van der Waals surface area contributed by atoms with Gasteiger partial charge in [-0.05, 0) is 6.92 Å². The summed E-state index contributed by atoms with van der Waals surface area (Å²) >= 11 is 1.40. The Kier molecular flexibility index (Phi) is 3.56. The number of ether oxygens (including phenoxy) is 1. The van der Waals surface area contributed by atoms with Crippen LogP contribution in [0.15, 0.2) is 6.33 Å². The van der Waals surface area contributed by atoms with Crippen molar-refractivity contribution in [1.29, 1.82) is 0 Å². The molecular formula is C10H13N5O2S. The van der Waals surface area contributed by atoms with Gasteiger partial charge < -0.3 is 10.1 Å². The summed E-state index contributed by atoms with van der Waals surface area (Å²) < 4.78 is 6.27. The maximum Gasteiger partial charge on any atom is 0.357 e. The van der Waals surface area contributed by atoms with Crippen molar-refractivity contribution in [2.75, 3.05) is 12.4 Å². The molecule has 0 fully saturated rings. The van der Waals surface area contributed by atoms with E-state index in [0.717, 1.165) is 4.88 Å². The van der Waals surface area contributed by atoms with Gasteiger partial charge in [0.05, 0.1) is 13.7 Å². The summed E-state index contributed by atoms with van der Waals surface area (Å²) in [4.78, 5) is 20.5. The van der Waals surface area contributed by atoms with E-state index >= 15 is 0 Å². The number of thiazole rings is 1. The van der Waals surface area contributed by atoms with Crippen molar-refractivity contribution in [3.63, 3.8) is 0 Å². The average molecular weight is 267 g/mol. The maximum absolute atomic E-state index is 11.4. The van der Waals surface area contributed by atoms with Crippen molar-refractivity contribution in [3.05, 3.63) is 22.7 Å². The lowest BCUT2D eigenvalue weighted by Gasteiger charge is -1.97. The molecule has 96 valence electrons. The fourth-order valence-corrected chi connectivity index (χ4v) is 2.17. The maximum atomic E-state index is 11.4. The van der Waals surface area contributed by atoms with Crippen LogP contribution in [0.2, 0.25) is 0 Å². The van der Waals surface area contributed by atoms with Gasteiger partial charge in [0, 0.05) is 11.9 Å². The Morgan fingerprint density at radius 2 is 2.39 bits per heavy atom. The zero-order valence-electron chi connectivity index (χ0n) is 10.3. The van der Waals surface area contributed by atoms with Crippen molar-refractivity contribution < 1.29 is 9.53 Å². The molecule has 0 saturated carbocycles. The van der Waals surface area contributed by atoms with Gasteiger partial charge in [0.25, 0.3) is 0 Å². The molecule has 1 N–H and O–H groups in total. The molecule has 18 heavy (non-hydrogen) atoms. The highest BCUT2D eigenvalue weighted by molar-refractivity contribution is 7.15. The van der Waals surface area contributed by atoms with Gasteiger partial charge in [-0.15, -0.1) is 11.3 Å². The highest BCUT2D eigenvalue weighted by atomic mass is 32.1. The van der Waals surface area contributed by atoms with Gasteiger partial charge in [-0.3, -0.25) is 4.68 Å². The fraction of sp³-hybridized carbons (Fsp3) is 0.400. The van der Waals surface area contributed by atoms with E-state index in [-0.39, 0.29) is 0 Å². The zero-order valence-corrected chi connectivity index (χ0v) is 11.1. The second-order valence-corrected chi connectivity index (χ2v) is 4.81. The first-order valence-corrected chi connectivity index (χ1v) is 6.06. The topological polar surface area (TPSA) is 81.9 Å². The van der Waals surface area contributed by atoms with E-state index < -0.39 is 5.97 Å². The van der Waals surface area contributed by atoms with E-state index in [1.54, 1.807) is 18.1 Å². The lowest BCUT2D eigenvalue weighted by molar-refractivity contribution is 0.0594. The molecule has 0 aliphatic carbocycles. The summed E-state index contributed by atoms with van der Waals surface area (Å²) in [6.45, 7) is 2.29. The second-order valence-electron chi connectivity index (χ2n) is 3.60. The van der Waals surface area contributed by atoms with Gasteiger partial charge in [-0.1, -0.05) is 0 Å². The fourth-order valence-electron chi connectivity index (χ4n) is 1.38. The number of anilines is 1.